The molecule has 2 aliphatic heterocycles. The van der Waals surface area contributed by atoms with Crippen LogP contribution in [-0.4, -0.2) is 71.9 Å². The predicted molar refractivity (Wildman–Crippen MR) is 118 cm³/mol. The zero-order chi connectivity index (χ0) is 21.6. The number of amides is 2. The maximum Gasteiger partial charge on any atom is 0.317 e. The standard InChI is InChI=1S/C23H34N4O3/c1-15(2)24-22(29)27-10-8-23(9-11-27)14-25(3)19(13-28)21-20(23)17-7-6-16(30-5)12-18(17)26(21)4/h6-7,12,15,19,28H,8-11,13-14H2,1-5H3,(H,24,29)/t19-/m1/s1. The molecule has 30 heavy (non-hydrogen) atoms. The molecule has 1 saturated heterocycles. The third-order valence-electron chi connectivity index (χ3n) is 6.98. The van der Waals surface area contributed by atoms with Crippen LogP contribution in [0.1, 0.15) is 44.0 Å². The molecule has 164 valence electrons. The summed E-state index contributed by atoms with van der Waals surface area (Å²) in [6, 6.07) is 6.40. The number of hydrogen-bond acceptors (Lipinski definition) is 4. The van der Waals surface area contributed by atoms with Gasteiger partial charge in [-0.2, -0.15) is 0 Å². The fraction of sp³-hybridized carbons (Fsp3) is 0.609. The molecule has 2 N–H and O–H groups in total. The summed E-state index contributed by atoms with van der Waals surface area (Å²) in [6.07, 6.45) is 1.83. The predicted octanol–water partition coefficient (Wildman–Crippen LogP) is 2.62. The van der Waals surface area contributed by atoms with E-state index in [2.05, 4.69) is 41.0 Å². The van der Waals surface area contributed by atoms with Crippen molar-refractivity contribution >= 4 is 16.9 Å². The Labute approximate surface area is 178 Å². The van der Waals surface area contributed by atoms with E-state index in [1.807, 2.05) is 24.8 Å². The van der Waals surface area contributed by atoms with E-state index < -0.39 is 0 Å². The minimum atomic E-state index is -0.0312. The van der Waals surface area contributed by atoms with E-state index in [0.717, 1.165) is 43.7 Å². The summed E-state index contributed by atoms with van der Waals surface area (Å²) < 4.78 is 7.69. The molecular formula is C23H34N4O3. The molecule has 1 aromatic heterocycles. The molecule has 1 fully saturated rings. The molecule has 1 aromatic carbocycles. The number of aliphatic hydroxyl groups excluding tert-OH is 1. The van der Waals surface area contributed by atoms with E-state index in [1.54, 1.807) is 7.11 Å². The van der Waals surface area contributed by atoms with Gasteiger partial charge in [0.2, 0.25) is 0 Å². The fourth-order valence-electron chi connectivity index (χ4n) is 5.50. The first-order valence-electron chi connectivity index (χ1n) is 10.8. The Morgan fingerprint density at radius 2 is 2.00 bits per heavy atom. The van der Waals surface area contributed by atoms with Gasteiger partial charge in [0.25, 0.3) is 0 Å². The molecule has 0 aliphatic carbocycles. The number of benzene rings is 1. The summed E-state index contributed by atoms with van der Waals surface area (Å²) in [5.41, 5.74) is 3.64. The van der Waals surface area contributed by atoms with Gasteiger partial charge in [0.1, 0.15) is 5.75 Å². The summed E-state index contributed by atoms with van der Waals surface area (Å²) in [6.45, 7) is 6.43. The smallest absolute Gasteiger partial charge is 0.317 e. The van der Waals surface area contributed by atoms with Gasteiger partial charge in [-0.25, -0.2) is 4.79 Å². The second-order valence-corrected chi connectivity index (χ2v) is 9.19. The average Bonchev–Trinajstić information content (AvgIpc) is 3.01. The monoisotopic (exact) mass is 414 g/mol. The first kappa shape index (κ1) is 21.0. The lowest BCUT2D eigenvalue weighted by atomic mass is 9.68. The number of nitrogens with zero attached hydrogens (tertiary/aromatic N) is 3. The van der Waals surface area contributed by atoms with Crippen molar-refractivity contribution in [3.8, 4) is 5.75 Å². The summed E-state index contributed by atoms with van der Waals surface area (Å²) in [5, 5.41) is 14.5. The van der Waals surface area contributed by atoms with E-state index in [9.17, 15) is 9.90 Å². The lowest BCUT2D eigenvalue weighted by Crippen LogP contribution is -2.55. The van der Waals surface area contributed by atoms with E-state index in [1.165, 1.54) is 16.6 Å². The van der Waals surface area contributed by atoms with E-state index in [0.29, 0.717) is 0 Å². The quantitative estimate of drug-likeness (QED) is 0.810. The number of aliphatic hydroxyl groups is 1. The first-order chi connectivity index (χ1) is 14.3. The molecule has 0 radical (unpaired) electrons. The minimum Gasteiger partial charge on any atom is -0.497 e. The van der Waals surface area contributed by atoms with Gasteiger partial charge in [-0.3, -0.25) is 4.90 Å². The highest BCUT2D eigenvalue weighted by atomic mass is 16.5. The lowest BCUT2D eigenvalue weighted by Gasteiger charge is -2.49. The Bertz CT molecular complexity index is 944. The van der Waals surface area contributed by atoms with Gasteiger partial charge >= 0.3 is 6.03 Å². The van der Waals surface area contributed by atoms with Gasteiger partial charge in [-0.05, 0) is 51.4 Å². The number of ether oxygens (including phenoxy) is 1. The molecule has 2 aromatic rings. The molecule has 1 atom stereocenters. The number of piperidine rings is 1. The number of aromatic nitrogens is 1. The highest BCUT2D eigenvalue weighted by Crippen LogP contribution is 2.49. The van der Waals surface area contributed by atoms with Crippen LogP contribution in [0.4, 0.5) is 4.79 Å². The van der Waals surface area contributed by atoms with Gasteiger partial charge in [-0.1, -0.05) is 0 Å². The van der Waals surface area contributed by atoms with Crippen LogP contribution in [0.2, 0.25) is 0 Å². The van der Waals surface area contributed by atoms with Crippen molar-refractivity contribution in [1.29, 1.82) is 0 Å². The number of methoxy groups -OCH3 is 1. The van der Waals surface area contributed by atoms with Crippen molar-refractivity contribution in [3.63, 3.8) is 0 Å². The number of fused-ring (bicyclic) bond motifs is 4. The number of rotatable bonds is 3. The average molecular weight is 415 g/mol. The molecule has 2 aliphatic rings. The highest BCUT2D eigenvalue weighted by Gasteiger charge is 2.47. The van der Waals surface area contributed by atoms with Crippen LogP contribution >= 0.6 is 0 Å². The topological polar surface area (TPSA) is 70.0 Å². The van der Waals surface area contributed by atoms with Gasteiger partial charge in [-0.15, -0.1) is 0 Å². The molecule has 3 heterocycles. The van der Waals surface area contributed by atoms with Crippen molar-refractivity contribution in [2.75, 3.05) is 40.4 Å². The fourth-order valence-corrected chi connectivity index (χ4v) is 5.50. The Morgan fingerprint density at radius 3 is 2.60 bits per heavy atom. The van der Waals surface area contributed by atoms with Gasteiger partial charge in [0, 0.05) is 55.3 Å². The van der Waals surface area contributed by atoms with Crippen molar-refractivity contribution < 1.29 is 14.6 Å². The molecule has 0 saturated carbocycles. The summed E-state index contributed by atoms with van der Waals surface area (Å²) in [7, 11) is 5.87. The van der Waals surface area contributed by atoms with Crippen molar-refractivity contribution in [2.45, 2.75) is 44.2 Å². The maximum absolute atomic E-state index is 12.5. The Kier molecular flexibility index (Phi) is 5.45. The molecule has 2 amide bonds. The number of likely N-dealkylation sites (N-methyl/N-ethyl adjacent to an activating group) is 1. The summed E-state index contributed by atoms with van der Waals surface area (Å²) >= 11 is 0. The normalized spacial score (nSPS) is 21.3. The molecule has 1 spiro atoms. The van der Waals surface area contributed by atoms with Crippen molar-refractivity contribution in [3.05, 3.63) is 29.5 Å². The van der Waals surface area contributed by atoms with Gasteiger partial charge in [0.05, 0.1) is 25.3 Å². The first-order valence-corrected chi connectivity index (χ1v) is 10.8. The van der Waals surface area contributed by atoms with Crippen LogP contribution in [0.25, 0.3) is 10.9 Å². The highest BCUT2D eigenvalue weighted by molar-refractivity contribution is 5.88. The van der Waals surface area contributed by atoms with Gasteiger partial charge < -0.3 is 24.6 Å². The molecule has 0 bridgehead atoms. The number of hydrogen-bond donors (Lipinski definition) is 2. The Balaban J connectivity index is 1.77. The molecular weight excluding hydrogens is 380 g/mol. The minimum absolute atomic E-state index is 0.0279. The third-order valence-corrected chi connectivity index (χ3v) is 6.98. The third kappa shape index (κ3) is 3.24. The van der Waals surface area contributed by atoms with Crippen molar-refractivity contribution in [1.82, 2.24) is 19.7 Å². The number of aryl methyl sites for hydroxylation is 1. The van der Waals surface area contributed by atoms with Crippen LogP contribution in [-0.2, 0) is 12.5 Å². The zero-order valence-electron chi connectivity index (χ0n) is 18.7. The van der Waals surface area contributed by atoms with Crippen LogP contribution in [0.3, 0.4) is 0 Å². The largest absolute Gasteiger partial charge is 0.497 e. The number of carbonyl (C=O) groups excluding carboxylic acids is 1. The summed E-state index contributed by atoms with van der Waals surface area (Å²) in [4.78, 5) is 16.8. The van der Waals surface area contributed by atoms with Crippen LogP contribution in [0.5, 0.6) is 5.75 Å². The van der Waals surface area contributed by atoms with Crippen molar-refractivity contribution in [2.24, 2.45) is 7.05 Å². The SMILES string of the molecule is COc1ccc2c3c(n(C)c2c1)[C@@H](CO)N(C)CC31CCN(C(=O)NC(C)C)CC1. The molecule has 7 heteroatoms. The van der Waals surface area contributed by atoms with E-state index >= 15 is 0 Å². The number of urea groups is 1. The Morgan fingerprint density at radius 1 is 1.30 bits per heavy atom. The van der Waals surface area contributed by atoms with Crippen LogP contribution in [0, 0.1) is 0 Å². The summed E-state index contributed by atoms with van der Waals surface area (Å²) in [5.74, 6) is 0.837. The van der Waals surface area contributed by atoms with Crippen LogP contribution < -0.4 is 10.1 Å². The maximum atomic E-state index is 12.5. The zero-order valence-corrected chi connectivity index (χ0v) is 18.7. The van der Waals surface area contributed by atoms with E-state index in [-0.39, 0.29) is 30.1 Å². The van der Waals surface area contributed by atoms with Crippen LogP contribution in [0.15, 0.2) is 18.2 Å². The number of nitrogens with one attached hydrogen (secondary N) is 1. The number of carbonyl (C=O) groups is 1. The lowest BCUT2D eigenvalue weighted by molar-refractivity contribution is 0.0702. The number of likely N-dealkylation sites (tertiary alicyclic amines) is 1. The Hall–Kier alpha value is -2.25. The van der Waals surface area contributed by atoms with Gasteiger partial charge in [0.15, 0.2) is 0 Å². The molecule has 7 nitrogen and oxygen atoms in total. The second-order valence-electron chi connectivity index (χ2n) is 9.19. The van der Waals surface area contributed by atoms with E-state index in [4.69, 9.17) is 4.74 Å². The second kappa shape index (κ2) is 7.78. The molecule has 0 unspecified atom stereocenters. The molecule has 4 rings (SSSR count).